The van der Waals surface area contributed by atoms with Crippen LogP contribution in [0.5, 0.6) is 0 Å². The van der Waals surface area contributed by atoms with Crippen molar-refractivity contribution < 1.29 is 15.0 Å². The minimum Gasteiger partial charge on any atom is -0.478 e. The Morgan fingerprint density at radius 3 is 2.60 bits per heavy atom. The van der Waals surface area contributed by atoms with Gasteiger partial charge in [-0.15, -0.1) is 0 Å². The van der Waals surface area contributed by atoms with Gasteiger partial charge in [-0.05, 0) is 19.3 Å². The highest BCUT2D eigenvalue weighted by atomic mass is 16.4. The van der Waals surface area contributed by atoms with Crippen LogP contribution in [0, 0.1) is 5.92 Å². The Kier molecular flexibility index (Phi) is 6.20. The lowest BCUT2D eigenvalue weighted by molar-refractivity contribution is -0.131. The maximum Gasteiger partial charge on any atom is 0.328 e. The summed E-state index contributed by atoms with van der Waals surface area (Å²) in [5.41, 5.74) is -0.731. The van der Waals surface area contributed by atoms with Crippen molar-refractivity contribution in [1.29, 1.82) is 0 Å². The van der Waals surface area contributed by atoms with E-state index in [1.807, 2.05) is 0 Å². The Hall–Kier alpha value is -0.870. The highest BCUT2D eigenvalue weighted by Crippen LogP contribution is 2.14. The summed E-state index contributed by atoms with van der Waals surface area (Å²) in [7, 11) is 0. The second-order valence-electron chi connectivity index (χ2n) is 4.47. The minimum absolute atomic E-state index is 0.441. The van der Waals surface area contributed by atoms with E-state index in [0.717, 1.165) is 12.5 Å². The number of nitrogens with one attached hydrogen (secondary N) is 1. The Labute approximate surface area is 91.0 Å². The summed E-state index contributed by atoms with van der Waals surface area (Å²) >= 11 is 0. The number of hydrogen-bond donors (Lipinski definition) is 3. The summed E-state index contributed by atoms with van der Waals surface area (Å²) < 4.78 is 0. The quantitative estimate of drug-likeness (QED) is 0.438. The Bertz CT molecular complexity index is 222. The molecule has 3 N–H and O–H groups in total. The highest BCUT2D eigenvalue weighted by molar-refractivity contribution is 5.79. The van der Waals surface area contributed by atoms with Crippen LogP contribution >= 0.6 is 0 Å². The van der Waals surface area contributed by atoms with Gasteiger partial charge in [0, 0.05) is 19.2 Å². The third-order valence-corrected chi connectivity index (χ3v) is 1.88. The van der Waals surface area contributed by atoms with Crippen LogP contribution in [0.3, 0.4) is 0 Å². The van der Waals surface area contributed by atoms with Gasteiger partial charge in [-0.3, -0.25) is 0 Å². The van der Waals surface area contributed by atoms with Crippen LogP contribution in [0.25, 0.3) is 0 Å². The zero-order valence-corrected chi connectivity index (χ0v) is 9.66. The molecule has 0 aliphatic heterocycles. The van der Waals surface area contributed by atoms with Gasteiger partial charge < -0.3 is 15.5 Å². The lowest BCUT2D eigenvalue weighted by atomic mass is 9.94. The van der Waals surface area contributed by atoms with E-state index < -0.39 is 11.6 Å². The van der Waals surface area contributed by atoms with Crippen LogP contribution in [-0.4, -0.2) is 34.9 Å². The largest absolute Gasteiger partial charge is 0.478 e. The van der Waals surface area contributed by atoms with Gasteiger partial charge in [-0.2, -0.15) is 0 Å². The lowest BCUT2D eigenvalue weighted by Crippen LogP contribution is -2.38. The molecule has 0 rings (SSSR count). The second kappa shape index (κ2) is 6.58. The fourth-order valence-corrected chi connectivity index (χ4v) is 1.54. The van der Waals surface area contributed by atoms with Crippen molar-refractivity contribution in [3.63, 3.8) is 0 Å². The molecule has 1 atom stereocenters. The Morgan fingerprint density at radius 1 is 1.53 bits per heavy atom. The van der Waals surface area contributed by atoms with E-state index in [1.165, 1.54) is 6.08 Å². The van der Waals surface area contributed by atoms with Crippen LogP contribution in [0.4, 0.5) is 0 Å². The van der Waals surface area contributed by atoms with Crippen molar-refractivity contribution >= 4 is 5.97 Å². The molecule has 0 saturated heterocycles. The number of aliphatic hydroxyl groups is 1. The van der Waals surface area contributed by atoms with E-state index in [9.17, 15) is 9.90 Å². The van der Waals surface area contributed by atoms with Crippen LogP contribution < -0.4 is 5.32 Å². The summed E-state index contributed by atoms with van der Waals surface area (Å²) in [4.78, 5) is 10.1. The van der Waals surface area contributed by atoms with Gasteiger partial charge in [0.25, 0.3) is 0 Å². The molecular weight excluding hydrogens is 194 g/mol. The first-order valence-electron chi connectivity index (χ1n) is 5.16. The van der Waals surface area contributed by atoms with Crippen molar-refractivity contribution in [3.05, 3.63) is 12.2 Å². The van der Waals surface area contributed by atoms with Crippen LogP contribution in [-0.2, 0) is 4.79 Å². The molecule has 4 heteroatoms. The first kappa shape index (κ1) is 14.1. The maximum absolute atomic E-state index is 10.1. The van der Waals surface area contributed by atoms with E-state index >= 15 is 0 Å². The van der Waals surface area contributed by atoms with E-state index in [1.54, 1.807) is 6.92 Å². The predicted molar refractivity (Wildman–Crippen MR) is 59.7 cm³/mol. The van der Waals surface area contributed by atoms with Crippen molar-refractivity contribution in [3.8, 4) is 0 Å². The van der Waals surface area contributed by atoms with Gasteiger partial charge in [0.2, 0.25) is 0 Å². The zero-order chi connectivity index (χ0) is 11.9. The van der Waals surface area contributed by atoms with Crippen molar-refractivity contribution in [1.82, 2.24) is 5.32 Å². The number of carboxylic acids is 1. The first-order valence-corrected chi connectivity index (χ1v) is 5.16. The lowest BCUT2D eigenvalue weighted by Gasteiger charge is -2.25. The van der Waals surface area contributed by atoms with Crippen molar-refractivity contribution in [2.75, 3.05) is 13.1 Å². The molecular formula is C11H21NO3. The zero-order valence-electron chi connectivity index (χ0n) is 9.66. The van der Waals surface area contributed by atoms with Gasteiger partial charge in [0.05, 0.1) is 5.60 Å². The number of hydrogen-bond acceptors (Lipinski definition) is 3. The molecule has 1 unspecified atom stereocenters. The molecule has 0 aromatic heterocycles. The molecule has 0 aromatic rings. The van der Waals surface area contributed by atoms with Gasteiger partial charge in [-0.25, -0.2) is 4.79 Å². The summed E-state index contributed by atoms with van der Waals surface area (Å²) in [6.45, 7) is 6.81. The van der Waals surface area contributed by atoms with Gasteiger partial charge in [0.15, 0.2) is 0 Å². The summed E-state index contributed by atoms with van der Waals surface area (Å²) in [5.74, 6) is -0.512. The Morgan fingerprint density at radius 2 is 2.13 bits per heavy atom. The molecule has 0 heterocycles. The van der Waals surface area contributed by atoms with Crippen molar-refractivity contribution in [2.45, 2.75) is 32.8 Å². The highest BCUT2D eigenvalue weighted by Gasteiger charge is 2.20. The molecule has 0 aliphatic carbocycles. The monoisotopic (exact) mass is 215 g/mol. The number of carboxylic acid groups (broad SMARTS) is 1. The average molecular weight is 215 g/mol. The number of rotatable bonds is 7. The molecule has 0 saturated carbocycles. The van der Waals surface area contributed by atoms with E-state index in [2.05, 4.69) is 19.2 Å². The molecule has 4 nitrogen and oxygen atoms in total. The fourth-order valence-electron chi connectivity index (χ4n) is 1.54. The smallest absolute Gasteiger partial charge is 0.328 e. The molecule has 15 heavy (non-hydrogen) atoms. The number of carbonyl (C=O) groups is 1. The van der Waals surface area contributed by atoms with Crippen LogP contribution in [0.1, 0.15) is 27.2 Å². The Balaban J connectivity index is 3.70. The molecule has 0 fully saturated rings. The molecule has 0 radical (unpaired) electrons. The van der Waals surface area contributed by atoms with Crippen LogP contribution in [0.15, 0.2) is 12.2 Å². The molecule has 0 amide bonds. The molecule has 0 bridgehead atoms. The van der Waals surface area contributed by atoms with E-state index in [0.29, 0.717) is 19.0 Å². The standard InChI is InChI=1S/C11H21NO3/c1-9(2)7-11(3,15)8-12-6-4-5-10(13)14/h4-5,9,12,15H,6-8H2,1-3H3,(H,13,14)/b5-4+. The van der Waals surface area contributed by atoms with Crippen molar-refractivity contribution in [2.24, 2.45) is 5.92 Å². The molecule has 0 aromatic carbocycles. The molecule has 88 valence electrons. The normalized spacial score (nSPS) is 15.8. The first-order chi connectivity index (χ1) is 6.83. The van der Waals surface area contributed by atoms with Gasteiger partial charge in [0.1, 0.15) is 0 Å². The third kappa shape index (κ3) is 9.43. The topological polar surface area (TPSA) is 69.6 Å². The second-order valence-corrected chi connectivity index (χ2v) is 4.47. The maximum atomic E-state index is 10.1. The molecule has 0 aliphatic rings. The van der Waals surface area contributed by atoms with E-state index in [4.69, 9.17) is 5.11 Å². The van der Waals surface area contributed by atoms with Crippen LogP contribution in [0.2, 0.25) is 0 Å². The minimum atomic E-state index is -0.953. The number of aliphatic carboxylic acids is 1. The average Bonchev–Trinajstić information content (AvgIpc) is 1.99. The third-order valence-electron chi connectivity index (χ3n) is 1.88. The predicted octanol–water partition coefficient (Wildman–Crippen LogP) is 1.01. The molecule has 0 spiro atoms. The van der Waals surface area contributed by atoms with Gasteiger partial charge >= 0.3 is 5.97 Å². The summed E-state index contributed by atoms with van der Waals surface area (Å²) in [5, 5.41) is 21.2. The SMILES string of the molecule is CC(C)CC(C)(O)CNC/C=C/C(=O)O. The fraction of sp³-hybridized carbons (Fsp3) is 0.727. The summed E-state index contributed by atoms with van der Waals surface area (Å²) in [6, 6.07) is 0. The van der Waals surface area contributed by atoms with E-state index in [-0.39, 0.29) is 0 Å². The van der Waals surface area contributed by atoms with Gasteiger partial charge in [-0.1, -0.05) is 19.9 Å². The summed E-state index contributed by atoms with van der Waals surface area (Å²) in [6.07, 6.45) is 3.33.